The van der Waals surface area contributed by atoms with Crippen LogP contribution in [0.2, 0.25) is 0 Å². The fraction of sp³-hybridized carbons (Fsp3) is 0.500. The van der Waals surface area contributed by atoms with Gasteiger partial charge in [-0.15, -0.1) is 0 Å². The van der Waals surface area contributed by atoms with Gasteiger partial charge in [0, 0.05) is 22.4 Å². The van der Waals surface area contributed by atoms with E-state index in [2.05, 4.69) is 21.2 Å². The van der Waals surface area contributed by atoms with Crippen molar-refractivity contribution in [2.75, 3.05) is 17.6 Å². The monoisotopic (exact) mass is 286 g/mol. The number of nitrogens with two attached hydrogens (primary N) is 1. The van der Waals surface area contributed by atoms with Crippen LogP contribution in [0.4, 0.5) is 11.4 Å². The van der Waals surface area contributed by atoms with Crippen molar-refractivity contribution in [1.29, 1.82) is 0 Å². The Morgan fingerprint density at radius 3 is 2.62 bits per heavy atom. The van der Waals surface area contributed by atoms with E-state index in [1.807, 2.05) is 32.9 Å². The fourth-order valence-corrected chi connectivity index (χ4v) is 1.78. The zero-order chi connectivity index (χ0) is 12.3. The molecule has 1 atom stereocenters. The van der Waals surface area contributed by atoms with Gasteiger partial charge in [0.15, 0.2) is 0 Å². The second-order valence-corrected chi connectivity index (χ2v) is 5.24. The van der Waals surface area contributed by atoms with Gasteiger partial charge in [0.2, 0.25) is 0 Å². The number of nitrogen functional groups attached to an aromatic ring is 1. The summed E-state index contributed by atoms with van der Waals surface area (Å²) in [7, 11) is 0. The van der Waals surface area contributed by atoms with Crippen LogP contribution in [0.5, 0.6) is 0 Å². The maximum absolute atomic E-state index is 9.70. The van der Waals surface area contributed by atoms with Crippen LogP contribution in [0.1, 0.15) is 19.4 Å². The molecule has 0 bridgehead atoms. The molecule has 0 radical (unpaired) electrons. The Hall–Kier alpha value is -0.740. The molecular formula is C12H19BrN2O. The van der Waals surface area contributed by atoms with Crippen molar-refractivity contribution >= 4 is 27.3 Å². The summed E-state index contributed by atoms with van der Waals surface area (Å²) in [5.74, 6) is 0.251. The average Bonchev–Trinajstić information content (AvgIpc) is 2.20. The third-order valence-electron chi connectivity index (χ3n) is 2.63. The number of rotatable bonds is 4. The number of halogens is 1. The topological polar surface area (TPSA) is 58.3 Å². The summed E-state index contributed by atoms with van der Waals surface area (Å²) in [5, 5.41) is 12.9. The van der Waals surface area contributed by atoms with Crippen molar-refractivity contribution in [3.05, 3.63) is 22.2 Å². The third-order valence-corrected chi connectivity index (χ3v) is 3.28. The van der Waals surface area contributed by atoms with Crippen LogP contribution < -0.4 is 11.1 Å². The van der Waals surface area contributed by atoms with Gasteiger partial charge in [-0.1, -0.05) is 13.8 Å². The predicted octanol–water partition coefficient (Wildman–Crippen LogP) is 2.77. The number of benzene rings is 1. The first-order valence-corrected chi connectivity index (χ1v) is 6.18. The van der Waals surface area contributed by atoms with Gasteiger partial charge >= 0.3 is 0 Å². The zero-order valence-corrected chi connectivity index (χ0v) is 11.5. The summed E-state index contributed by atoms with van der Waals surface area (Å²) >= 11 is 3.44. The number of anilines is 2. The maximum Gasteiger partial charge on any atom is 0.0735 e. The van der Waals surface area contributed by atoms with Gasteiger partial charge in [-0.25, -0.2) is 0 Å². The molecule has 1 aromatic carbocycles. The highest BCUT2D eigenvalue weighted by molar-refractivity contribution is 9.10. The van der Waals surface area contributed by atoms with Crippen LogP contribution in [0.3, 0.4) is 0 Å². The fourth-order valence-electron chi connectivity index (χ4n) is 1.28. The summed E-state index contributed by atoms with van der Waals surface area (Å²) in [6.07, 6.45) is -0.343. The van der Waals surface area contributed by atoms with Gasteiger partial charge in [0.05, 0.1) is 6.10 Å². The van der Waals surface area contributed by atoms with Gasteiger partial charge in [-0.05, 0) is 46.5 Å². The maximum atomic E-state index is 9.70. The van der Waals surface area contributed by atoms with Crippen LogP contribution in [0, 0.1) is 12.8 Å². The van der Waals surface area contributed by atoms with E-state index in [4.69, 9.17) is 5.73 Å². The van der Waals surface area contributed by atoms with E-state index in [9.17, 15) is 5.11 Å². The molecule has 0 aliphatic carbocycles. The van der Waals surface area contributed by atoms with Crippen molar-refractivity contribution in [3.63, 3.8) is 0 Å². The van der Waals surface area contributed by atoms with Crippen LogP contribution >= 0.6 is 15.9 Å². The molecule has 0 aliphatic rings. The molecule has 16 heavy (non-hydrogen) atoms. The van der Waals surface area contributed by atoms with Gasteiger partial charge < -0.3 is 16.2 Å². The summed E-state index contributed by atoms with van der Waals surface area (Å²) in [4.78, 5) is 0. The Morgan fingerprint density at radius 1 is 1.44 bits per heavy atom. The van der Waals surface area contributed by atoms with E-state index in [0.29, 0.717) is 6.54 Å². The molecule has 4 N–H and O–H groups in total. The Bertz CT molecular complexity index is 366. The quantitative estimate of drug-likeness (QED) is 0.746. The van der Waals surface area contributed by atoms with Crippen molar-refractivity contribution in [2.24, 2.45) is 5.92 Å². The first kappa shape index (κ1) is 13.3. The van der Waals surface area contributed by atoms with Crippen molar-refractivity contribution in [3.8, 4) is 0 Å². The minimum Gasteiger partial charge on any atom is -0.398 e. The molecule has 1 unspecified atom stereocenters. The Kier molecular flexibility index (Phi) is 4.62. The lowest BCUT2D eigenvalue weighted by Gasteiger charge is -2.17. The molecule has 4 heteroatoms. The Balaban J connectivity index is 2.71. The van der Waals surface area contributed by atoms with Crippen molar-refractivity contribution in [1.82, 2.24) is 0 Å². The number of hydrogen-bond donors (Lipinski definition) is 3. The molecule has 0 aromatic heterocycles. The van der Waals surface area contributed by atoms with Gasteiger partial charge in [-0.2, -0.15) is 0 Å². The van der Waals surface area contributed by atoms with E-state index < -0.39 is 0 Å². The first-order chi connectivity index (χ1) is 7.41. The number of aliphatic hydroxyl groups is 1. The highest BCUT2D eigenvalue weighted by Gasteiger charge is 2.10. The molecule has 0 saturated carbocycles. The molecule has 0 fully saturated rings. The van der Waals surface area contributed by atoms with E-state index in [1.54, 1.807) is 0 Å². The highest BCUT2D eigenvalue weighted by atomic mass is 79.9. The molecular weight excluding hydrogens is 268 g/mol. The molecule has 0 saturated heterocycles. The van der Waals surface area contributed by atoms with E-state index in [1.165, 1.54) is 0 Å². The minimum atomic E-state index is -0.343. The van der Waals surface area contributed by atoms with Crippen LogP contribution in [0.25, 0.3) is 0 Å². The zero-order valence-electron chi connectivity index (χ0n) is 9.92. The summed E-state index contributed by atoms with van der Waals surface area (Å²) < 4.78 is 0.923. The van der Waals surface area contributed by atoms with Gasteiger partial charge in [0.1, 0.15) is 0 Å². The second kappa shape index (κ2) is 5.55. The van der Waals surface area contributed by atoms with Crippen molar-refractivity contribution in [2.45, 2.75) is 26.9 Å². The lowest BCUT2D eigenvalue weighted by atomic mass is 10.1. The Labute approximate surface area is 105 Å². The molecule has 0 amide bonds. The smallest absolute Gasteiger partial charge is 0.0735 e. The highest BCUT2D eigenvalue weighted by Crippen LogP contribution is 2.27. The standard InChI is InChI=1S/C12H19BrN2O/c1-7(2)12(16)6-15-11-4-8(3)10(14)5-9(11)13/h4-5,7,12,15-16H,6,14H2,1-3H3. The number of hydrogen-bond acceptors (Lipinski definition) is 3. The number of aliphatic hydroxyl groups excluding tert-OH is 1. The molecule has 1 aromatic rings. The van der Waals surface area contributed by atoms with E-state index in [0.717, 1.165) is 21.4 Å². The predicted molar refractivity (Wildman–Crippen MR) is 72.6 cm³/mol. The molecule has 3 nitrogen and oxygen atoms in total. The van der Waals surface area contributed by atoms with Crippen LogP contribution in [-0.4, -0.2) is 17.8 Å². The molecule has 1 rings (SSSR count). The normalized spacial score (nSPS) is 12.9. The second-order valence-electron chi connectivity index (χ2n) is 4.38. The van der Waals surface area contributed by atoms with Crippen LogP contribution in [0.15, 0.2) is 16.6 Å². The summed E-state index contributed by atoms with van der Waals surface area (Å²) in [6.45, 7) is 6.50. The Morgan fingerprint density at radius 2 is 2.06 bits per heavy atom. The average molecular weight is 287 g/mol. The third kappa shape index (κ3) is 3.39. The van der Waals surface area contributed by atoms with Crippen molar-refractivity contribution < 1.29 is 5.11 Å². The number of nitrogens with one attached hydrogen (secondary N) is 1. The van der Waals surface area contributed by atoms with E-state index in [-0.39, 0.29) is 12.0 Å². The largest absolute Gasteiger partial charge is 0.398 e. The lowest BCUT2D eigenvalue weighted by Crippen LogP contribution is -2.24. The lowest BCUT2D eigenvalue weighted by molar-refractivity contribution is 0.138. The molecule has 0 heterocycles. The molecule has 0 aliphatic heterocycles. The van der Waals surface area contributed by atoms with E-state index >= 15 is 0 Å². The summed E-state index contributed by atoms with van der Waals surface area (Å²) in [6, 6.07) is 3.85. The minimum absolute atomic E-state index is 0.251. The van der Waals surface area contributed by atoms with Gasteiger partial charge in [-0.3, -0.25) is 0 Å². The van der Waals surface area contributed by atoms with Gasteiger partial charge in [0.25, 0.3) is 0 Å². The SMILES string of the molecule is Cc1cc(NCC(O)C(C)C)c(Br)cc1N. The first-order valence-electron chi connectivity index (χ1n) is 5.39. The van der Waals surface area contributed by atoms with Crippen LogP contribution in [-0.2, 0) is 0 Å². The molecule has 0 spiro atoms. The number of aryl methyl sites for hydroxylation is 1. The summed E-state index contributed by atoms with van der Waals surface area (Å²) in [5.41, 5.74) is 8.55. The molecule has 90 valence electrons.